The molecule has 0 aliphatic rings. The van der Waals surface area contributed by atoms with Crippen LogP contribution in [0.5, 0.6) is 5.75 Å². The number of rotatable bonds is 6. The average molecular weight is 490 g/mol. The van der Waals surface area contributed by atoms with Gasteiger partial charge in [-0.3, -0.25) is 19.8 Å². The molecule has 5 aromatic rings. The highest BCUT2D eigenvalue weighted by Gasteiger charge is 2.25. The van der Waals surface area contributed by atoms with Crippen molar-refractivity contribution in [1.29, 1.82) is 0 Å². The summed E-state index contributed by atoms with van der Waals surface area (Å²) >= 11 is 2.76. The molecule has 9 heteroatoms. The molecule has 0 aliphatic carbocycles. The van der Waals surface area contributed by atoms with Crippen LogP contribution in [0.4, 0.5) is 10.8 Å². The zero-order valence-electron chi connectivity index (χ0n) is 18.3. The van der Waals surface area contributed by atoms with Crippen molar-refractivity contribution in [3.8, 4) is 5.75 Å². The van der Waals surface area contributed by atoms with Crippen molar-refractivity contribution in [2.24, 2.45) is 0 Å². The maximum atomic E-state index is 13.8. The summed E-state index contributed by atoms with van der Waals surface area (Å²) in [4.78, 5) is 31.5. The maximum Gasteiger partial charge on any atom is 0.270 e. The lowest BCUT2D eigenvalue weighted by molar-refractivity contribution is -0.384. The average Bonchev–Trinajstić information content (AvgIpc) is 3.48. The molecule has 0 saturated carbocycles. The van der Waals surface area contributed by atoms with Crippen molar-refractivity contribution in [2.75, 3.05) is 12.0 Å². The molecule has 0 saturated heterocycles. The van der Waals surface area contributed by atoms with Crippen molar-refractivity contribution < 1.29 is 14.5 Å². The van der Waals surface area contributed by atoms with Gasteiger partial charge in [-0.05, 0) is 36.2 Å². The Bertz CT molecular complexity index is 1540. The molecule has 2 aromatic heterocycles. The molecule has 0 spiro atoms. The lowest BCUT2D eigenvalue weighted by Gasteiger charge is -2.19. The predicted octanol–water partition coefficient (Wildman–Crippen LogP) is 6.58. The Morgan fingerprint density at radius 3 is 2.62 bits per heavy atom. The number of nitrogens with zero attached hydrogens (tertiary/aromatic N) is 3. The smallest absolute Gasteiger partial charge is 0.270 e. The molecule has 0 bridgehead atoms. The van der Waals surface area contributed by atoms with E-state index in [-0.39, 0.29) is 11.6 Å². The number of amides is 1. The fraction of sp³-hybridized carbons (Fsp3) is 0.120. The van der Waals surface area contributed by atoms with E-state index in [0.717, 1.165) is 26.0 Å². The van der Waals surface area contributed by atoms with Crippen LogP contribution in [0.25, 0.3) is 20.3 Å². The van der Waals surface area contributed by atoms with Crippen LogP contribution in [0.15, 0.2) is 66.7 Å². The zero-order valence-corrected chi connectivity index (χ0v) is 20.0. The number of carbonyl (C=O) groups excluding carboxylic acids is 1. The first-order valence-corrected chi connectivity index (χ1v) is 12.1. The van der Waals surface area contributed by atoms with Crippen LogP contribution in [0, 0.1) is 17.0 Å². The first kappa shape index (κ1) is 22.0. The highest BCUT2D eigenvalue weighted by Crippen LogP contribution is 2.38. The Hall–Kier alpha value is -3.82. The summed E-state index contributed by atoms with van der Waals surface area (Å²) in [5, 5.41) is 12.4. The van der Waals surface area contributed by atoms with Gasteiger partial charge in [-0.2, -0.15) is 0 Å². The van der Waals surface area contributed by atoms with Gasteiger partial charge in [0.2, 0.25) is 0 Å². The molecule has 0 radical (unpaired) electrons. The molecule has 1 amide bonds. The second-order valence-corrected chi connectivity index (χ2v) is 9.79. The Labute approximate surface area is 203 Å². The van der Waals surface area contributed by atoms with Gasteiger partial charge in [-0.1, -0.05) is 47.7 Å². The van der Waals surface area contributed by atoms with E-state index in [1.807, 2.05) is 49.4 Å². The number of non-ortho nitro benzene ring substituents is 1. The number of thiophene rings is 1. The number of ether oxygens (including phenoxy) is 1. The van der Waals surface area contributed by atoms with E-state index in [4.69, 9.17) is 9.72 Å². The monoisotopic (exact) mass is 489 g/mol. The number of methoxy groups -OCH3 is 1. The number of benzene rings is 3. The van der Waals surface area contributed by atoms with Gasteiger partial charge in [0.1, 0.15) is 11.3 Å². The lowest BCUT2D eigenvalue weighted by atomic mass is 10.2. The summed E-state index contributed by atoms with van der Waals surface area (Å²) < 4.78 is 7.28. The number of fused-ring (bicyclic) bond motifs is 2. The summed E-state index contributed by atoms with van der Waals surface area (Å²) in [5.41, 5.74) is 2.75. The molecular weight excluding hydrogens is 470 g/mol. The van der Waals surface area contributed by atoms with Crippen molar-refractivity contribution >= 4 is 59.7 Å². The minimum absolute atomic E-state index is 0.000756. The molecule has 2 heterocycles. The molecule has 0 aliphatic heterocycles. The molecule has 0 unspecified atom stereocenters. The number of hydrogen-bond donors (Lipinski definition) is 0. The number of aromatic nitrogens is 1. The highest BCUT2D eigenvalue weighted by molar-refractivity contribution is 7.23. The van der Waals surface area contributed by atoms with Gasteiger partial charge in [0.25, 0.3) is 11.6 Å². The van der Waals surface area contributed by atoms with Crippen LogP contribution in [0.2, 0.25) is 0 Å². The maximum absolute atomic E-state index is 13.8. The summed E-state index contributed by atoms with van der Waals surface area (Å²) in [6.07, 6.45) is 0. The first-order valence-electron chi connectivity index (χ1n) is 10.4. The number of carbonyl (C=O) groups is 1. The number of nitro benzene ring substituents is 1. The van der Waals surface area contributed by atoms with E-state index >= 15 is 0 Å². The molecular formula is C25H19N3O4S2. The lowest BCUT2D eigenvalue weighted by Crippen LogP contribution is -2.29. The van der Waals surface area contributed by atoms with E-state index in [1.165, 1.54) is 34.8 Å². The van der Waals surface area contributed by atoms with Gasteiger partial charge in [0, 0.05) is 22.2 Å². The van der Waals surface area contributed by atoms with Crippen LogP contribution in [-0.2, 0) is 6.54 Å². The van der Waals surface area contributed by atoms with E-state index in [0.29, 0.717) is 27.7 Å². The normalized spacial score (nSPS) is 11.1. The summed E-state index contributed by atoms with van der Waals surface area (Å²) in [5.74, 6) is 0.452. The number of thiazole rings is 1. The van der Waals surface area contributed by atoms with E-state index in [9.17, 15) is 14.9 Å². The van der Waals surface area contributed by atoms with Crippen LogP contribution >= 0.6 is 22.7 Å². The fourth-order valence-electron chi connectivity index (χ4n) is 3.75. The molecule has 7 nitrogen and oxygen atoms in total. The van der Waals surface area contributed by atoms with Gasteiger partial charge in [0.15, 0.2) is 5.13 Å². The number of aryl methyl sites for hydroxylation is 1. The predicted molar refractivity (Wildman–Crippen MR) is 136 cm³/mol. The van der Waals surface area contributed by atoms with Crippen molar-refractivity contribution in [3.63, 3.8) is 0 Å². The molecule has 34 heavy (non-hydrogen) atoms. The third kappa shape index (κ3) is 4.00. The Kier molecular flexibility index (Phi) is 5.72. The van der Waals surface area contributed by atoms with E-state index < -0.39 is 4.92 Å². The minimum atomic E-state index is -0.433. The number of nitro groups is 1. The van der Waals surface area contributed by atoms with Crippen molar-refractivity contribution in [3.05, 3.63) is 92.8 Å². The third-order valence-electron chi connectivity index (χ3n) is 5.49. The van der Waals surface area contributed by atoms with E-state index in [1.54, 1.807) is 24.1 Å². The first-order chi connectivity index (χ1) is 16.4. The second-order valence-electron chi connectivity index (χ2n) is 7.73. The van der Waals surface area contributed by atoms with Gasteiger partial charge < -0.3 is 4.74 Å². The van der Waals surface area contributed by atoms with Crippen LogP contribution < -0.4 is 9.64 Å². The highest BCUT2D eigenvalue weighted by atomic mass is 32.1. The number of hydrogen-bond acceptors (Lipinski definition) is 7. The topological polar surface area (TPSA) is 85.6 Å². The Morgan fingerprint density at radius 1 is 1.09 bits per heavy atom. The van der Waals surface area contributed by atoms with Crippen LogP contribution in [0.1, 0.15) is 20.8 Å². The van der Waals surface area contributed by atoms with Crippen molar-refractivity contribution in [1.82, 2.24) is 4.98 Å². The molecule has 0 atom stereocenters. The molecule has 5 rings (SSSR count). The molecule has 3 aromatic carbocycles. The number of anilines is 1. The van der Waals surface area contributed by atoms with Gasteiger partial charge in [-0.15, -0.1) is 11.3 Å². The van der Waals surface area contributed by atoms with Gasteiger partial charge in [-0.25, -0.2) is 4.98 Å². The van der Waals surface area contributed by atoms with Gasteiger partial charge >= 0.3 is 0 Å². The molecule has 170 valence electrons. The molecule has 0 fully saturated rings. The minimum Gasteiger partial charge on any atom is -0.494 e. The summed E-state index contributed by atoms with van der Waals surface area (Å²) in [6.45, 7) is 2.35. The van der Waals surface area contributed by atoms with E-state index in [2.05, 4.69) is 0 Å². The third-order valence-corrected chi connectivity index (χ3v) is 7.81. The van der Waals surface area contributed by atoms with Crippen LogP contribution in [0.3, 0.4) is 0 Å². The zero-order chi connectivity index (χ0) is 23.8. The standard InChI is InChI=1S/C25H19N3O4S2/c1-15-8-10-19(32-2)22-23(15)34-25(26-22)27(14-16-6-4-3-5-7-16)24(29)21-13-17-12-18(28(30)31)9-11-20(17)33-21/h3-13H,14H2,1-2H3. The molecule has 0 N–H and O–H groups in total. The Balaban J connectivity index is 1.61. The largest absolute Gasteiger partial charge is 0.494 e. The van der Waals surface area contributed by atoms with Crippen LogP contribution in [-0.4, -0.2) is 22.9 Å². The summed E-state index contributed by atoms with van der Waals surface area (Å²) in [6, 6.07) is 19.9. The Morgan fingerprint density at radius 2 is 1.88 bits per heavy atom. The summed E-state index contributed by atoms with van der Waals surface area (Å²) in [7, 11) is 1.60. The van der Waals surface area contributed by atoms with Crippen molar-refractivity contribution in [2.45, 2.75) is 13.5 Å². The second kappa shape index (κ2) is 8.85. The van der Waals surface area contributed by atoms with Gasteiger partial charge in [0.05, 0.1) is 28.2 Å². The quantitative estimate of drug-likeness (QED) is 0.199. The fourth-order valence-corrected chi connectivity index (χ4v) is 5.79. The SMILES string of the molecule is COc1ccc(C)c2sc(N(Cc3ccccc3)C(=O)c3cc4cc([N+](=O)[O-])ccc4s3)nc12.